The first-order valence-electron chi connectivity index (χ1n) is 8.63. The van der Waals surface area contributed by atoms with Crippen molar-refractivity contribution in [2.45, 2.75) is 12.0 Å². The van der Waals surface area contributed by atoms with E-state index in [1.165, 1.54) is 0 Å². The number of carbonyl (C=O) groups excluding carboxylic acids is 2. The number of carboxylic acids is 1. The highest BCUT2D eigenvalue weighted by Gasteiger charge is 2.36. The zero-order valence-corrected chi connectivity index (χ0v) is 14.9. The highest BCUT2D eigenvalue weighted by atomic mass is 16.6. The maximum Gasteiger partial charge on any atom is 0.417 e. The number of aliphatic hydroxyl groups is 1. The number of fused-ring (bicyclic) bond motifs is 3. The average molecular weight is 381 g/mol. The largest absolute Gasteiger partial charge is 0.480 e. The molecular weight excluding hydrogens is 362 g/mol. The van der Waals surface area contributed by atoms with Gasteiger partial charge >= 0.3 is 12.1 Å². The average Bonchev–Trinajstić information content (AvgIpc) is 3.03. The lowest BCUT2D eigenvalue weighted by molar-refractivity contribution is -0.148. The van der Waals surface area contributed by atoms with Gasteiger partial charge in [0, 0.05) is 5.92 Å². The Morgan fingerprint density at radius 2 is 1.61 bits per heavy atom. The summed E-state index contributed by atoms with van der Waals surface area (Å²) in [6.45, 7) is 2.25. The molecule has 0 saturated carbocycles. The van der Waals surface area contributed by atoms with E-state index in [1.807, 2.05) is 48.5 Å². The second-order valence-corrected chi connectivity index (χ2v) is 6.25. The van der Waals surface area contributed by atoms with Gasteiger partial charge in [0.1, 0.15) is 6.61 Å². The molecule has 0 aliphatic heterocycles. The molecule has 7 nitrogen and oxygen atoms in total. The molecule has 0 bridgehead atoms. The number of imide groups is 1. The molecule has 7 heteroatoms. The molecule has 1 aliphatic carbocycles. The molecule has 3 rings (SSSR count). The number of aliphatic hydroxyl groups excluding tert-OH is 1. The fourth-order valence-electron chi connectivity index (χ4n) is 3.40. The van der Waals surface area contributed by atoms with Crippen molar-refractivity contribution < 1.29 is 29.3 Å². The summed E-state index contributed by atoms with van der Waals surface area (Å²) in [7, 11) is 0. The Hall–Kier alpha value is -3.45. The molecule has 2 aromatic carbocycles. The molecule has 0 fully saturated rings. The van der Waals surface area contributed by atoms with Crippen LogP contribution in [0.5, 0.6) is 0 Å². The number of hydrogen-bond donors (Lipinski definition) is 2. The SMILES string of the molecule is C=CC(=O)N(C(=O)OCC1c2ccccc2-c2ccccc21)C(CO)C(=O)O. The summed E-state index contributed by atoms with van der Waals surface area (Å²) in [6.07, 6.45) is -0.347. The second kappa shape index (κ2) is 8.06. The molecule has 2 N–H and O–H groups in total. The van der Waals surface area contributed by atoms with Gasteiger partial charge in [-0.2, -0.15) is 0 Å². The van der Waals surface area contributed by atoms with E-state index in [9.17, 15) is 24.6 Å². The Labute approximate surface area is 161 Å². The van der Waals surface area contributed by atoms with Crippen LogP contribution in [-0.2, 0) is 14.3 Å². The summed E-state index contributed by atoms with van der Waals surface area (Å²) in [5.74, 6) is -2.72. The first kappa shape index (κ1) is 19.3. The lowest BCUT2D eigenvalue weighted by Gasteiger charge is -2.25. The van der Waals surface area contributed by atoms with Crippen LogP contribution in [0.15, 0.2) is 61.2 Å². The van der Waals surface area contributed by atoms with Gasteiger partial charge in [-0.15, -0.1) is 0 Å². The van der Waals surface area contributed by atoms with Crippen LogP contribution in [0, 0.1) is 0 Å². The molecule has 2 aromatic rings. The third kappa shape index (κ3) is 3.39. The Morgan fingerprint density at radius 3 is 2.07 bits per heavy atom. The molecule has 0 heterocycles. The number of rotatable bonds is 6. The van der Waals surface area contributed by atoms with Gasteiger partial charge in [0.2, 0.25) is 0 Å². The predicted octanol–water partition coefficient (Wildman–Crippen LogP) is 2.40. The zero-order valence-electron chi connectivity index (χ0n) is 14.9. The van der Waals surface area contributed by atoms with Gasteiger partial charge in [0.05, 0.1) is 6.61 Å². The zero-order chi connectivity index (χ0) is 20.3. The number of amides is 2. The number of ether oxygens (including phenoxy) is 1. The van der Waals surface area contributed by atoms with Crippen LogP contribution in [0.2, 0.25) is 0 Å². The van der Waals surface area contributed by atoms with Gasteiger partial charge in [-0.3, -0.25) is 4.79 Å². The van der Waals surface area contributed by atoms with Gasteiger partial charge in [0.15, 0.2) is 6.04 Å². The molecular formula is C21H19NO6. The van der Waals surface area contributed by atoms with E-state index in [1.54, 1.807) is 0 Å². The number of hydrogen-bond acceptors (Lipinski definition) is 5. The van der Waals surface area contributed by atoms with Crippen LogP contribution in [0.25, 0.3) is 11.1 Å². The van der Waals surface area contributed by atoms with Crippen LogP contribution in [0.3, 0.4) is 0 Å². The second-order valence-electron chi connectivity index (χ2n) is 6.25. The molecule has 0 spiro atoms. The van der Waals surface area contributed by atoms with Crippen molar-refractivity contribution in [3.05, 3.63) is 72.3 Å². The molecule has 1 aliphatic rings. The van der Waals surface area contributed by atoms with E-state index in [0.29, 0.717) is 4.90 Å². The topological polar surface area (TPSA) is 104 Å². The molecule has 144 valence electrons. The van der Waals surface area contributed by atoms with E-state index in [-0.39, 0.29) is 12.5 Å². The molecule has 28 heavy (non-hydrogen) atoms. The third-order valence-electron chi connectivity index (χ3n) is 4.71. The number of benzene rings is 2. The molecule has 2 amide bonds. The van der Waals surface area contributed by atoms with Crippen molar-refractivity contribution >= 4 is 18.0 Å². The summed E-state index contributed by atoms with van der Waals surface area (Å²) in [6, 6.07) is 13.7. The smallest absolute Gasteiger partial charge is 0.417 e. The fourth-order valence-corrected chi connectivity index (χ4v) is 3.40. The predicted molar refractivity (Wildman–Crippen MR) is 101 cm³/mol. The van der Waals surface area contributed by atoms with Crippen molar-refractivity contribution in [3.63, 3.8) is 0 Å². The Bertz CT molecular complexity index is 892. The van der Waals surface area contributed by atoms with E-state index in [4.69, 9.17) is 4.74 Å². The van der Waals surface area contributed by atoms with Crippen LogP contribution in [-0.4, -0.2) is 52.3 Å². The first-order valence-corrected chi connectivity index (χ1v) is 8.63. The van der Waals surface area contributed by atoms with Crippen molar-refractivity contribution in [1.82, 2.24) is 4.90 Å². The van der Waals surface area contributed by atoms with Crippen molar-refractivity contribution in [3.8, 4) is 11.1 Å². The highest BCUT2D eigenvalue weighted by Crippen LogP contribution is 2.44. The summed E-state index contributed by atoms with van der Waals surface area (Å²) in [5, 5.41) is 18.5. The normalized spacial score (nSPS) is 13.2. The molecule has 0 aromatic heterocycles. The maximum atomic E-state index is 12.5. The Morgan fingerprint density at radius 1 is 1.07 bits per heavy atom. The Balaban J connectivity index is 1.84. The van der Waals surface area contributed by atoms with Crippen LogP contribution < -0.4 is 0 Å². The summed E-state index contributed by atoms with van der Waals surface area (Å²) in [4.78, 5) is 36.1. The van der Waals surface area contributed by atoms with E-state index in [2.05, 4.69) is 6.58 Å². The van der Waals surface area contributed by atoms with Crippen molar-refractivity contribution in [2.75, 3.05) is 13.2 Å². The summed E-state index contributed by atoms with van der Waals surface area (Å²) >= 11 is 0. The number of aliphatic carboxylic acids is 1. The number of carboxylic acid groups (broad SMARTS) is 1. The van der Waals surface area contributed by atoms with Crippen LogP contribution in [0.1, 0.15) is 17.0 Å². The van der Waals surface area contributed by atoms with Crippen LogP contribution >= 0.6 is 0 Å². The standard InChI is InChI=1S/C21H19NO6/c1-2-19(24)22(18(11-23)20(25)26)21(27)28-12-17-15-9-5-3-7-13(15)14-8-4-6-10-16(14)17/h2-10,17-18,23H,1,11-12H2,(H,25,26). The Kier molecular flexibility index (Phi) is 5.56. The van der Waals surface area contributed by atoms with Crippen molar-refractivity contribution in [2.24, 2.45) is 0 Å². The minimum Gasteiger partial charge on any atom is -0.480 e. The minimum atomic E-state index is -1.75. The molecule has 0 radical (unpaired) electrons. The fraction of sp³-hybridized carbons (Fsp3) is 0.190. The van der Waals surface area contributed by atoms with Gasteiger partial charge in [-0.05, 0) is 28.3 Å². The summed E-state index contributed by atoms with van der Waals surface area (Å²) in [5.41, 5.74) is 4.04. The maximum absolute atomic E-state index is 12.5. The van der Waals surface area contributed by atoms with E-state index >= 15 is 0 Å². The first-order chi connectivity index (χ1) is 13.5. The minimum absolute atomic E-state index is 0.0778. The highest BCUT2D eigenvalue weighted by molar-refractivity contribution is 6.01. The number of carbonyl (C=O) groups is 3. The van der Waals surface area contributed by atoms with Crippen molar-refractivity contribution in [1.29, 1.82) is 0 Å². The van der Waals surface area contributed by atoms with E-state index in [0.717, 1.165) is 28.3 Å². The lowest BCUT2D eigenvalue weighted by atomic mass is 9.98. The number of nitrogens with zero attached hydrogens (tertiary/aromatic N) is 1. The molecule has 1 unspecified atom stereocenters. The van der Waals surface area contributed by atoms with Gasteiger partial charge < -0.3 is 14.9 Å². The van der Waals surface area contributed by atoms with Gasteiger partial charge in [-0.25, -0.2) is 14.5 Å². The van der Waals surface area contributed by atoms with Gasteiger partial charge in [0.25, 0.3) is 5.91 Å². The molecule has 0 saturated heterocycles. The van der Waals surface area contributed by atoms with Crippen LogP contribution in [0.4, 0.5) is 4.79 Å². The summed E-state index contributed by atoms with van der Waals surface area (Å²) < 4.78 is 5.30. The quantitative estimate of drug-likeness (QED) is 0.745. The monoisotopic (exact) mass is 381 g/mol. The van der Waals surface area contributed by atoms with Gasteiger partial charge in [-0.1, -0.05) is 55.1 Å². The molecule has 1 atom stereocenters. The van der Waals surface area contributed by atoms with E-state index < -0.39 is 30.6 Å². The lowest BCUT2D eigenvalue weighted by Crippen LogP contribution is -2.50. The third-order valence-corrected chi connectivity index (χ3v) is 4.71.